The first-order valence-corrected chi connectivity index (χ1v) is 12.4. The van der Waals surface area contributed by atoms with Crippen LogP contribution in [0.2, 0.25) is 0 Å². The molecule has 0 spiro atoms. The predicted molar refractivity (Wildman–Crippen MR) is 153 cm³/mol. The van der Waals surface area contributed by atoms with Gasteiger partial charge in [-0.15, -0.1) is 0 Å². The van der Waals surface area contributed by atoms with Crippen molar-refractivity contribution in [3.8, 4) is 22.4 Å². The van der Waals surface area contributed by atoms with Crippen LogP contribution in [0.4, 0.5) is 0 Å². The highest BCUT2D eigenvalue weighted by Gasteiger charge is 2.11. The third kappa shape index (κ3) is 3.21. The average Bonchev–Trinajstić information content (AvgIpc) is 3.32. The number of rotatable bonds is 2. The second-order valence-electron chi connectivity index (χ2n) is 9.50. The van der Waals surface area contributed by atoms with Crippen molar-refractivity contribution in [2.24, 2.45) is 0 Å². The van der Waals surface area contributed by atoms with Gasteiger partial charge in [0.2, 0.25) is 0 Å². The summed E-state index contributed by atoms with van der Waals surface area (Å²) in [5, 5.41) is 6.87. The number of nitrogens with zero attached hydrogens (tertiary/aromatic N) is 2. The lowest BCUT2D eigenvalue weighted by molar-refractivity contribution is 0.669. The molecule has 0 aliphatic heterocycles. The van der Waals surface area contributed by atoms with E-state index >= 15 is 0 Å². The van der Waals surface area contributed by atoms with Gasteiger partial charge in [-0.2, -0.15) is 0 Å². The Morgan fingerprint density at radius 3 is 2.11 bits per heavy atom. The van der Waals surface area contributed by atoms with Crippen molar-refractivity contribution < 1.29 is 4.42 Å². The quantitative estimate of drug-likeness (QED) is 0.235. The third-order valence-electron chi connectivity index (χ3n) is 7.26. The van der Waals surface area contributed by atoms with Crippen LogP contribution >= 0.6 is 0 Å². The van der Waals surface area contributed by atoms with E-state index < -0.39 is 0 Å². The molecule has 8 rings (SSSR count). The van der Waals surface area contributed by atoms with Crippen molar-refractivity contribution in [2.45, 2.75) is 0 Å². The number of fused-ring (bicyclic) bond motifs is 7. The van der Waals surface area contributed by atoms with Crippen molar-refractivity contribution in [1.29, 1.82) is 0 Å². The molecular formula is C34H20N2O. The molecule has 0 N–H and O–H groups in total. The van der Waals surface area contributed by atoms with Gasteiger partial charge in [0.1, 0.15) is 11.2 Å². The highest BCUT2D eigenvalue weighted by atomic mass is 16.3. The zero-order valence-corrected chi connectivity index (χ0v) is 19.8. The van der Waals surface area contributed by atoms with Crippen LogP contribution in [-0.4, -0.2) is 9.97 Å². The Balaban J connectivity index is 1.27. The Morgan fingerprint density at radius 1 is 0.459 bits per heavy atom. The van der Waals surface area contributed by atoms with Crippen LogP contribution in [0.15, 0.2) is 126 Å². The summed E-state index contributed by atoms with van der Waals surface area (Å²) >= 11 is 0. The summed E-state index contributed by atoms with van der Waals surface area (Å²) in [5.74, 6) is 0. The largest absolute Gasteiger partial charge is 0.456 e. The predicted octanol–water partition coefficient (Wildman–Crippen LogP) is 9.17. The van der Waals surface area contributed by atoms with Crippen molar-refractivity contribution in [3.63, 3.8) is 0 Å². The summed E-state index contributed by atoms with van der Waals surface area (Å²) < 4.78 is 6.20. The molecule has 8 aromatic rings. The van der Waals surface area contributed by atoms with Gasteiger partial charge < -0.3 is 4.42 Å². The lowest BCUT2D eigenvalue weighted by Crippen LogP contribution is -1.89. The Labute approximate surface area is 212 Å². The van der Waals surface area contributed by atoms with E-state index in [2.05, 4.69) is 114 Å². The molecule has 172 valence electrons. The standard InChI is InChI=1S/C34H20N2O/c1-2-6-25-20-32-29(18-24(25)5-1)28-19-26(13-15-31(28)37-32)23-7-3-8-27(17-23)30-14-12-22-11-10-21-9-4-16-35-33(21)34(22)36-30/h1-20H. The van der Waals surface area contributed by atoms with Crippen LogP contribution in [0.3, 0.4) is 0 Å². The van der Waals surface area contributed by atoms with Crippen LogP contribution in [0.1, 0.15) is 0 Å². The van der Waals surface area contributed by atoms with E-state index in [0.717, 1.165) is 66.1 Å². The number of hydrogen-bond acceptors (Lipinski definition) is 3. The van der Waals surface area contributed by atoms with E-state index in [1.807, 2.05) is 12.3 Å². The van der Waals surface area contributed by atoms with Crippen LogP contribution in [0, 0.1) is 0 Å². The first kappa shape index (κ1) is 20.2. The van der Waals surface area contributed by atoms with E-state index in [9.17, 15) is 0 Å². The second-order valence-corrected chi connectivity index (χ2v) is 9.50. The molecule has 0 bridgehead atoms. The number of aromatic nitrogens is 2. The molecule has 0 aliphatic rings. The first-order chi connectivity index (χ1) is 18.3. The molecule has 0 unspecified atom stereocenters. The van der Waals surface area contributed by atoms with E-state index in [-0.39, 0.29) is 0 Å². The smallest absolute Gasteiger partial charge is 0.136 e. The average molecular weight is 473 g/mol. The zero-order valence-electron chi connectivity index (χ0n) is 19.8. The highest BCUT2D eigenvalue weighted by Crippen LogP contribution is 2.36. The van der Waals surface area contributed by atoms with Gasteiger partial charge in [0.05, 0.1) is 16.7 Å². The molecule has 37 heavy (non-hydrogen) atoms. The number of benzene rings is 5. The van der Waals surface area contributed by atoms with Gasteiger partial charge in [-0.25, -0.2) is 4.98 Å². The molecule has 3 nitrogen and oxygen atoms in total. The van der Waals surface area contributed by atoms with Crippen LogP contribution in [0.25, 0.3) is 76.9 Å². The minimum absolute atomic E-state index is 0.904. The highest BCUT2D eigenvalue weighted by molar-refractivity contribution is 6.11. The number of pyridine rings is 2. The molecular weight excluding hydrogens is 452 g/mol. The fourth-order valence-electron chi connectivity index (χ4n) is 5.38. The molecule has 0 amide bonds. The molecule has 5 aromatic carbocycles. The summed E-state index contributed by atoms with van der Waals surface area (Å²) in [6, 6.07) is 40.3. The topological polar surface area (TPSA) is 38.9 Å². The van der Waals surface area contributed by atoms with Crippen LogP contribution in [0.5, 0.6) is 0 Å². The van der Waals surface area contributed by atoms with E-state index in [0.29, 0.717) is 0 Å². The first-order valence-electron chi connectivity index (χ1n) is 12.4. The number of hydrogen-bond donors (Lipinski definition) is 0. The molecule has 3 heteroatoms. The lowest BCUT2D eigenvalue weighted by atomic mass is 9.99. The van der Waals surface area contributed by atoms with Crippen molar-refractivity contribution in [3.05, 3.63) is 121 Å². The van der Waals surface area contributed by atoms with Crippen LogP contribution in [-0.2, 0) is 0 Å². The maximum atomic E-state index is 6.20. The fourth-order valence-corrected chi connectivity index (χ4v) is 5.38. The van der Waals surface area contributed by atoms with E-state index in [4.69, 9.17) is 9.40 Å². The number of furan rings is 1. The molecule has 0 fully saturated rings. The van der Waals surface area contributed by atoms with Crippen molar-refractivity contribution in [1.82, 2.24) is 9.97 Å². The fraction of sp³-hybridized carbons (Fsp3) is 0. The molecule has 3 heterocycles. The van der Waals surface area contributed by atoms with Gasteiger partial charge in [-0.3, -0.25) is 4.98 Å². The molecule has 0 saturated carbocycles. The van der Waals surface area contributed by atoms with E-state index in [1.165, 1.54) is 10.8 Å². The Bertz CT molecular complexity index is 2160. The van der Waals surface area contributed by atoms with Crippen LogP contribution < -0.4 is 0 Å². The van der Waals surface area contributed by atoms with Gasteiger partial charge in [-0.1, -0.05) is 72.8 Å². The lowest BCUT2D eigenvalue weighted by Gasteiger charge is -2.08. The normalized spacial score (nSPS) is 11.8. The monoisotopic (exact) mass is 472 g/mol. The Hall–Kier alpha value is -5.02. The Morgan fingerprint density at radius 2 is 1.19 bits per heavy atom. The van der Waals surface area contributed by atoms with Gasteiger partial charge in [0, 0.05) is 33.3 Å². The van der Waals surface area contributed by atoms with E-state index in [1.54, 1.807) is 0 Å². The summed E-state index contributed by atoms with van der Waals surface area (Å²) in [7, 11) is 0. The summed E-state index contributed by atoms with van der Waals surface area (Å²) in [6.45, 7) is 0. The molecule has 0 saturated heterocycles. The summed E-state index contributed by atoms with van der Waals surface area (Å²) in [5.41, 5.74) is 8.00. The second kappa shape index (κ2) is 7.74. The minimum atomic E-state index is 0.904. The summed E-state index contributed by atoms with van der Waals surface area (Å²) in [4.78, 5) is 9.65. The molecule has 0 atom stereocenters. The van der Waals surface area contributed by atoms with Gasteiger partial charge in [0.25, 0.3) is 0 Å². The van der Waals surface area contributed by atoms with Gasteiger partial charge in [-0.05, 0) is 64.4 Å². The van der Waals surface area contributed by atoms with Crippen molar-refractivity contribution >= 4 is 54.5 Å². The summed E-state index contributed by atoms with van der Waals surface area (Å²) in [6.07, 6.45) is 1.83. The molecule has 3 aromatic heterocycles. The minimum Gasteiger partial charge on any atom is -0.456 e. The van der Waals surface area contributed by atoms with Gasteiger partial charge in [0.15, 0.2) is 0 Å². The van der Waals surface area contributed by atoms with Gasteiger partial charge >= 0.3 is 0 Å². The zero-order chi connectivity index (χ0) is 24.3. The van der Waals surface area contributed by atoms with Crippen molar-refractivity contribution in [2.75, 3.05) is 0 Å². The molecule has 0 aliphatic carbocycles. The SMILES string of the molecule is c1cc(-c2ccc3oc4cc5ccccc5cc4c3c2)cc(-c2ccc3ccc4cccnc4c3n2)c1. The molecule has 0 radical (unpaired) electrons. The maximum absolute atomic E-state index is 6.20. The Kier molecular flexibility index (Phi) is 4.23. The maximum Gasteiger partial charge on any atom is 0.136 e. The third-order valence-corrected chi connectivity index (χ3v) is 7.26.